The van der Waals surface area contributed by atoms with Gasteiger partial charge in [-0.15, -0.1) is 0 Å². The van der Waals surface area contributed by atoms with E-state index in [9.17, 15) is 0 Å². The van der Waals surface area contributed by atoms with Crippen molar-refractivity contribution in [2.45, 2.75) is 40.0 Å². The molecule has 0 spiro atoms. The molecule has 0 aromatic carbocycles. The van der Waals surface area contributed by atoms with Crippen LogP contribution in [-0.4, -0.2) is 0 Å². The number of hydrogen-bond donors (Lipinski definition) is 0. The predicted octanol–water partition coefficient (Wildman–Crippen LogP) is 3.44. The Hall–Kier alpha value is 1.27. The molecule has 71 valence electrons. The van der Waals surface area contributed by atoms with E-state index < -0.39 is 0 Å². The van der Waals surface area contributed by atoms with Crippen molar-refractivity contribution in [3.8, 4) is 0 Å². The topological polar surface area (TPSA) is 0 Å². The van der Waals surface area contributed by atoms with Crippen LogP contribution < -0.4 is 0 Å². The van der Waals surface area contributed by atoms with Crippen molar-refractivity contribution in [3.63, 3.8) is 0 Å². The van der Waals surface area contributed by atoms with Crippen LogP contribution in [0.5, 0.6) is 0 Å². The summed E-state index contributed by atoms with van der Waals surface area (Å²) in [5.74, 6) is 1.48. The van der Waals surface area contributed by atoms with Gasteiger partial charge in [-0.3, -0.25) is 0 Å². The van der Waals surface area contributed by atoms with Gasteiger partial charge in [0, 0.05) is 21.1 Å². The van der Waals surface area contributed by atoms with Gasteiger partial charge < -0.3 is 32.6 Å². The summed E-state index contributed by atoms with van der Waals surface area (Å²) in [7, 11) is 0. The molecule has 0 N–H and O–H groups in total. The molecular formula is C10H19VW-. The Balaban J connectivity index is -0.000000405. The Bertz CT molecular complexity index is 82.3. The van der Waals surface area contributed by atoms with E-state index in [0.29, 0.717) is 5.41 Å². The van der Waals surface area contributed by atoms with Crippen molar-refractivity contribution < 1.29 is 39.6 Å². The smallest absolute Gasteiger partial charge is 0.372 e. The molecule has 0 fully saturated rings. The van der Waals surface area contributed by atoms with Crippen LogP contribution in [0.2, 0.25) is 0 Å². The van der Waals surface area contributed by atoms with Gasteiger partial charge in [-0.05, 0) is 0 Å². The third-order valence-corrected chi connectivity index (χ3v) is 1.49. The Morgan fingerprint density at radius 3 is 1.50 bits per heavy atom. The zero-order valence-electron chi connectivity index (χ0n) is 8.39. The average Bonchev–Trinajstić information content (AvgIpc) is 1.81. The van der Waals surface area contributed by atoms with Crippen LogP contribution in [0, 0.1) is 25.2 Å². The van der Waals surface area contributed by atoms with Crippen molar-refractivity contribution in [2.24, 2.45) is 5.41 Å². The molecule has 0 heterocycles. The summed E-state index contributed by atoms with van der Waals surface area (Å²) in [5, 5.41) is 0. The van der Waals surface area contributed by atoms with E-state index in [1.807, 2.05) is 0 Å². The van der Waals surface area contributed by atoms with Gasteiger partial charge in [0.25, 0.3) is 0 Å². The number of hydrogen-bond acceptors (Lipinski definition) is 0. The van der Waals surface area contributed by atoms with Gasteiger partial charge in [-0.1, -0.05) is 26.2 Å². The molecule has 0 aliphatic rings. The normalized spacial score (nSPS) is 10.5. The molecule has 0 aliphatic heterocycles. The molecule has 0 atom stereocenters. The summed E-state index contributed by atoms with van der Waals surface area (Å²) < 4.78 is 0. The molecule has 0 bridgehead atoms. The first kappa shape index (κ1) is 18.9. The average molecular weight is 374 g/mol. The summed E-state index contributed by atoms with van der Waals surface area (Å²) >= 11 is 0. The van der Waals surface area contributed by atoms with Gasteiger partial charge in [-0.25, -0.2) is 0 Å². The van der Waals surface area contributed by atoms with E-state index in [2.05, 4.69) is 34.6 Å². The second-order valence-electron chi connectivity index (χ2n) is 3.99. The quantitative estimate of drug-likeness (QED) is 0.665. The van der Waals surface area contributed by atoms with Crippen LogP contribution >= 0.6 is 0 Å². The maximum absolute atomic E-state index is 3.86. The third-order valence-electron chi connectivity index (χ3n) is 1.49. The second kappa shape index (κ2) is 8.85. The fourth-order valence-corrected chi connectivity index (χ4v) is 1.05. The van der Waals surface area contributed by atoms with Gasteiger partial charge in [0.1, 0.15) is 0 Å². The molecule has 0 rings (SSSR count). The Morgan fingerprint density at radius 2 is 1.42 bits per heavy atom. The number of rotatable bonds is 3. The van der Waals surface area contributed by atoms with Gasteiger partial charge in [0.2, 0.25) is 0 Å². The van der Waals surface area contributed by atoms with E-state index in [1.165, 1.54) is 12.3 Å². The summed E-state index contributed by atoms with van der Waals surface area (Å²) in [4.78, 5) is 0. The zero-order valence-corrected chi connectivity index (χ0v) is 12.7. The molecule has 0 aromatic heterocycles. The molecule has 0 saturated carbocycles. The Kier molecular flexibility index (Phi) is 14.0. The van der Waals surface area contributed by atoms with Crippen molar-refractivity contribution in [2.75, 3.05) is 0 Å². The monoisotopic (exact) mass is 374 g/mol. The second-order valence-corrected chi connectivity index (χ2v) is 3.99. The van der Waals surface area contributed by atoms with Crippen LogP contribution in [-0.2, 0) is 39.6 Å². The van der Waals surface area contributed by atoms with E-state index in [0.717, 1.165) is 12.8 Å². The molecular weight excluding hydrogens is 355 g/mol. The molecule has 12 heavy (non-hydrogen) atoms. The van der Waals surface area contributed by atoms with Gasteiger partial charge in [0.05, 0.1) is 0 Å². The summed E-state index contributed by atoms with van der Waals surface area (Å²) in [6.07, 6.45) is 3.06. The van der Waals surface area contributed by atoms with Crippen molar-refractivity contribution in [1.29, 1.82) is 0 Å². The van der Waals surface area contributed by atoms with Crippen molar-refractivity contribution >= 4 is 0 Å². The van der Waals surface area contributed by atoms with Crippen LogP contribution in [0.4, 0.5) is 0 Å². The Labute approximate surface area is 104 Å². The van der Waals surface area contributed by atoms with Crippen LogP contribution in [0.1, 0.15) is 40.0 Å². The van der Waals surface area contributed by atoms with Crippen LogP contribution in [0.3, 0.4) is 0 Å². The van der Waals surface area contributed by atoms with Crippen LogP contribution in [0.15, 0.2) is 0 Å². The first-order chi connectivity index (χ1) is 4.49. The van der Waals surface area contributed by atoms with Crippen molar-refractivity contribution in [3.05, 3.63) is 19.8 Å². The van der Waals surface area contributed by atoms with Gasteiger partial charge in [0.15, 0.2) is 0 Å². The molecule has 1 radical (unpaired) electrons. The van der Waals surface area contributed by atoms with Crippen molar-refractivity contribution in [1.82, 2.24) is 0 Å². The predicted molar refractivity (Wildman–Crippen MR) is 47.3 cm³/mol. The fraction of sp³-hybridized carbons (Fsp3) is 0.700. The SMILES string of the molecule is [CH2-]C[C-](C[CH2-])CC(C)(C)C.[V+2].[W]. The minimum atomic E-state index is 0. The van der Waals surface area contributed by atoms with Gasteiger partial charge >= 0.3 is 18.6 Å². The maximum atomic E-state index is 3.86. The minimum absolute atomic E-state index is 0. The zero-order chi connectivity index (χ0) is 8.20. The Morgan fingerprint density at radius 1 is 1.08 bits per heavy atom. The van der Waals surface area contributed by atoms with E-state index >= 15 is 0 Å². The summed E-state index contributed by atoms with van der Waals surface area (Å²) in [6.45, 7) is 14.5. The van der Waals surface area contributed by atoms with Gasteiger partial charge in [-0.2, -0.15) is 6.42 Å². The van der Waals surface area contributed by atoms with E-state index in [-0.39, 0.29) is 39.6 Å². The van der Waals surface area contributed by atoms with E-state index in [1.54, 1.807) is 0 Å². The molecule has 0 unspecified atom stereocenters. The minimum Gasteiger partial charge on any atom is -0.372 e. The maximum Gasteiger partial charge on any atom is 2.00 e. The molecule has 0 nitrogen and oxygen atoms in total. The summed E-state index contributed by atoms with van der Waals surface area (Å²) in [6, 6.07) is 0. The molecule has 2 heteroatoms. The molecule has 0 aliphatic carbocycles. The third kappa shape index (κ3) is 11.3. The first-order valence-corrected chi connectivity index (χ1v) is 3.91. The fourth-order valence-electron chi connectivity index (χ4n) is 1.05. The molecule has 0 amide bonds. The van der Waals surface area contributed by atoms with Crippen LogP contribution in [0.25, 0.3) is 0 Å². The molecule has 0 aromatic rings. The first-order valence-electron chi connectivity index (χ1n) is 3.91. The largest absolute Gasteiger partial charge is 2.00 e. The summed E-state index contributed by atoms with van der Waals surface area (Å²) in [5.41, 5.74) is 0.407. The molecule has 0 saturated heterocycles. The van der Waals surface area contributed by atoms with E-state index in [4.69, 9.17) is 0 Å². The standard InChI is InChI=1S/C10H19.V.W/c1-6-9(7-2)8-10(3,4)5;;/h1-2,6-8H2,3-5H3;;/q-3;+2;.